The van der Waals surface area contributed by atoms with Gasteiger partial charge in [-0.05, 0) is 22.0 Å². The summed E-state index contributed by atoms with van der Waals surface area (Å²) in [6.07, 6.45) is -2.63. The van der Waals surface area contributed by atoms with E-state index in [2.05, 4.69) is 20.9 Å². The number of nitriles is 1. The van der Waals surface area contributed by atoms with Crippen LogP contribution in [0.15, 0.2) is 10.7 Å². The molecule has 1 rings (SSSR count). The van der Waals surface area contributed by atoms with Gasteiger partial charge >= 0.3 is 0 Å². The molecule has 6 heteroatoms. The Bertz CT molecular complexity index is 386. The SMILES string of the molecule is N#Cc1nc(Br)c(C(F)F)cc1CN. The van der Waals surface area contributed by atoms with Crippen LogP contribution in [-0.2, 0) is 6.54 Å². The molecule has 0 saturated carbocycles. The van der Waals surface area contributed by atoms with Crippen molar-refractivity contribution in [2.24, 2.45) is 5.73 Å². The Kier molecular flexibility index (Phi) is 3.49. The van der Waals surface area contributed by atoms with Gasteiger partial charge in [0.1, 0.15) is 16.4 Å². The van der Waals surface area contributed by atoms with Crippen LogP contribution < -0.4 is 5.73 Å². The molecule has 1 aromatic heterocycles. The molecular weight excluding hydrogens is 256 g/mol. The lowest BCUT2D eigenvalue weighted by Gasteiger charge is -2.06. The van der Waals surface area contributed by atoms with Crippen LogP contribution in [0, 0.1) is 11.3 Å². The average molecular weight is 262 g/mol. The van der Waals surface area contributed by atoms with Crippen LogP contribution in [-0.4, -0.2) is 4.98 Å². The summed E-state index contributed by atoms with van der Waals surface area (Å²) in [6, 6.07) is 2.98. The second-order valence-corrected chi connectivity index (χ2v) is 3.24. The lowest BCUT2D eigenvalue weighted by molar-refractivity contribution is 0.150. The van der Waals surface area contributed by atoms with Gasteiger partial charge < -0.3 is 5.73 Å². The molecule has 1 aromatic rings. The minimum Gasteiger partial charge on any atom is -0.326 e. The van der Waals surface area contributed by atoms with Gasteiger partial charge in [-0.1, -0.05) is 0 Å². The van der Waals surface area contributed by atoms with Gasteiger partial charge in [0.15, 0.2) is 0 Å². The predicted molar refractivity (Wildman–Crippen MR) is 49.5 cm³/mol. The highest BCUT2D eigenvalue weighted by Crippen LogP contribution is 2.27. The highest BCUT2D eigenvalue weighted by molar-refractivity contribution is 9.10. The fourth-order valence-corrected chi connectivity index (χ4v) is 1.42. The van der Waals surface area contributed by atoms with E-state index in [9.17, 15) is 8.78 Å². The van der Waals surface area contributed by atoms with E-state index < -0.39 is 6.43 Å². The maximum Gasteiger partial charge on any atom is 0.266 e. The van der Waals surface area contributed by atoms with Gasteiger partial charge in [0.25, 0.3) is 6.43 Å². The van der Waals surface area contributed by atoms with Gasteiger partial charge in [-0.3, -0.25) is 0 Å². The molecular formula is C8H6BrF2N3. The number of pyridine rings is 1. The number of aromatic nitrogens is 1. The quantitative estimate of drug-likeness (QED) is 0.830. The van der Waals surface area contributed by atoms with E-state index in [1.807, 2.05) is 0 Å². The molecule has 14 heavy (non-hydrogen) atoms. The van der Waals surface area contributed by atoms with Crippen molar-refractivity contribution in [3.05, 3.63) is 27.5 Å². The van der Waals surface area contributed by atoms with Crippen LogP contribution in [0.4, 0.5) is 8.78 Å². The fourth-order valence-electron chi connectivity index (χ4n) is 0.956. The van der Waals surface area contributed by atoms with Crippen LogP contribution >= 0.6 is 15.9 Å². The first-order chi connectivity index (χ1) is 6.60. The lowest BCUT2D eigenvalue weighted by atomic mass is 10.1. The topological polar surface area (TPSA) is 62.7 Å². The Labute approximate surface area is 87.7 Å². The highest BCUT2D eigenvalue weighted by atomic mass is 79.9. The molecule has 0 fully saturated rings. The van der Waals surface area contributed by atoms with Crippen molar-refractivity contribution < 1.29 is 8.78 Å². The molecule has 0 amide bonds. The van der Waals surface area contributed by atoms with Crippen LogP contribution in [0.1, 0.15) is 23.2 Å². The smallest absolute Gasteiger partial charge is 0.266 e. The number of hydrogen-bond acceptors (Lipinski definition) is 3. The molecule has 0 aromatic carbocycles. The molecule has 0 aliphatic rings. The summed E-state index contributed by atoms with van der Waals surface area (Å²) < 4.78 is 24.8. The summed E-state index contributed by atoms with van der Waals surface area (Å²) in [5.74, 6) is 0. The molecule has 0 saturated heterocycles. The summed E-state index contributed by atoms with van der Waals surface area (Å²) in [7, 11) is 0. The highest BCUT2D eigenvalue weighted by Gasteiger charge is 2.16. The van der Waals surface area contributed by atoms with E-state index >= 15 is 0 Å². The van der Waals surface area contributed by atoms with Gasteiger partial charge in [-0.15, -0.1) is 0 Å². The van der Waals surface area contributed by atoms with Crippen molar-refractivity contribution in [3.8, 4) is 6.07 Å². The minimum absolute atomic E-state index is 0.0127. The first kappa shape index (κ1) is 11.0. The molecule has 0 unspecified atom stereocenters. The third kappa shape index (κ3) is 2.05. The largest absolute Gasteiger partial charge is 0.326 e. The zero-order chi connectivity index (χ0) is 10.7. The van der Waals surface area contributed by atoms with Gasteiger partial charge in [0, 0.05) is 12.1 Å². The zero-order valence-electron chi connectivity index (χ0n) is 6.97. The van der Waals surface area contributed by atoms with E-state index in [-0.39, 0.29) is 22.4 Å². The Morgan fingerprint density at radius 3 is 2.71 bits per heavy atom. The molecule has 3 nitrogen and oxygen atoms in total. The normalized spacial score (nSPS) is 10.3. The van der Waals surface area contributed by atoms with E-state index in [0.717, 1.165) is 0 Å². The third-order valence-electron chi connectivity index (χ3n) is 1.64. The first-order valence-corrected chi connectivity index (χ1v) is 4.47. The van der Waals surface area contributed by atoms with Crippen LogP contribution in [0.5, 0.6) is 0 Å². The molecule has 0 atom stereocenters. The van der Waals surface area contributed by atoms with Crippen molar-refractivity contribution in [1.29, 1.82) is 5.26 Å². The van der Waals surface area contributed by atoms with Gasteiger partial charge in [-0.25, -0.2) is 13.8 Å². The Morgan fingerprint density at radius 1 is 1.64 bits per heavy atom. The summed E-state index contributed by atoms with van der Waals surface area (Å²) in [5.41, 5.74) is 5.45. The van der Waals surface area contributed by atoms with Crippen LogP contribution in [0.3, 0.4) is 0 Å². The van der Waals surface area contributed by atoms with Crippen molar-refractivity contribution >= 4 is 15.9 Å². The molecule has 0 aliphatic carbocycles. The Balaban J connectivity index is 3.32. The molecule has 74 valence electrons. The second-order valence-electron chi connectivity index (χ2n) is 2.49. The summed E-state index contributed by atoms with van der Waals surface area (Å²) in [6.45, 7) is 0.0168. The van der Waals surface area contributed by atoms with E-state index in [1.165, 1.54) is 6.07 Å². The summed E-state index contributed by atoms with van der Waals surface area (Å²) >= 11 is 2.87. The minimum atomic E-state index is -2.63. The van der Waals surface area contributed by atoms with E-state index in [0.29, 0.717) is 5.56 Å². The summed E-state index contributed by atoms with van der Waals surface area (Å²) in [5, 5.41) is 8.63. The van der Waals surface area contributed by atoms with Crippen LogP contribution in [0.25, 0.3) is 0 Å². The first-order valence-electron chi connectivity index (χ1n) is 3.67. The molecule has 1 heterocycles. The van der Waals surface area contributed by atoms with E-state index in [1.54, 1.807) is 6.07 Å². The maximum atomic E-state index is 12.4. The van der Waals surface area contributed by atoms with Gasteiger partial charge in [-0.2, -0.15) is 5.26 Å². The number of rotatable bonds is 2. The van der Waals surface area contributed by atoms with Crippen LogP contribution in [0.2, 0.25) is 0 Å². The third-order valence-corrected chi connectivity index (χ3v) is 2.28. The zero-order valence-corrected chi connectivity index (χ0v) is 8.55. The van der Waals surface area contributed by atoms with Gasteiger partial charge in [0.2, 0.25) is 0 Å². The second kappa shape index (κ2) is 4.44. The average Bonchev–Trinajstić information content (AvgIpc) is 2.16. The lowest BCUT2D eigenvalue weighted by Crippen LogP contribution is -2.04. The predicted octanol–water partition coefficient (Wildman–Crippen LogP) is 2.11. The number of alkyl halides is 2. The number of hydrogen-bond donors (Lipinski definition) is 1. The monoisotopic (exact) mass is 261 g/mol. The maximum absolute atomic E-state index is 12.4. The van der Waals surface area contributed by atoms with Crippen molar-refractivity contribution in [2.45, 2.75) is 13.0 Å². The standard InChI is InChI=1S/C8H6BrF2N3/c9-7-5(8(10)11)1-4(2-12)6(3-13)14-7/h1,8H,2,12H2. The fraction of sp³-hybridized carbons (Fsp3) is 0.250. The van der Waals surface area contributed by atoms with Crippen molar-refractivity contribution in [2.75, 3.05) is 0 Å². The Hall–Kier alpha value is -1.06. The van der Waals surface area contributed by atoms with Crippen molar-refractivity contribution in [1.82, 2.24) is 4.98 Å². The number of nitrogens with two attached hydrogens (primary N) is 1. The van der Waals surface area contributed by atoms with Crippen molar-refractivity contribution in [3.63, 3.8) is 0 Å². The molecule has 0 aliphatic heterocycles. The Morgan fingerprint density at radius 2 is 2.29 bits per heavy atom. The number of halogens is 3. The molecule has 2 N–H and O–H groups in total. The number of nitrogens with zero attached hydrogens (tertiary/aromatic N) is 2. The van der Waals surface area contributed by atoms with E-state index in [4.69, 9.17) is 11.0 Å². The molecule has 0 radical (unpaired) electrons. The van der Waals surface area contributed by atoms with Gasteiger partial charge in [0.05, 0.1) is 5.56 Å². The molecule has 0 bridgehead atoms. The molecule has 0 spiro atoms. The summed E-state index contributed by atoms with van der Waals surface area (Å²) in [4.78, 5) is 3.68.